The molecule has 4 heterocycles. The molecule has 4 aromatic rings. The van der Waals surface area contributed by atoms with Gasteiger partial charge in [-0.05, 0) is 50.2 Å². The van der Waals surface area contributed by atoms with E-state index in [1.165, 1.54) is 12.3 Å². The smallest absolute Gasteiger partial charge is 0.251 e. The van der Waals surface area contributed by atoms with Gasteiger partial charge in [0.2, 0.25) is 15.3 Å². The fraction of sp³-hybridized carbons (Fsp3) is 0.323. The minimum Gasteiger partial charge on any atom is -0.489 e. The molecule has 13 heteroatoms. The SMILES string of the molecule is C[C@@H]1CN(c2cccc(-c3ccc4cnc(CNC(=O)c5cc(F)c6c(c5)S(=O)(=O)[C@@H](F)CCO6)cc4c3F)n2)C[C@H](C)O1. The third kappa shape index (κ3) is 5.69. The largest absolute Gasteiger partial charge is 0.489 e. The molecule has 44 heavy (non-hydrogen) atoms. The number of aromatic nitrogens is 2. The zero-order valence-electron chi connectivity index (χ0n) is 23.9. The van der Waals surface area contributed by atoms with Gasteiger partial charge in [-0.15, -0.1) is 0 Å². The number of alkyl halides is 1. The first-order valence-corrected chi connectivity index (χ1v) is 15.6. The summed E-state index contributed by atoms with van der Waals surface area (Å²) in [4.78, 5) is 23.3. The first-order chi connectivity index (χ1) is 21.0. The monoisotopic (exact) mass is 626 g/mol. The molecular weight excluding hydrogens is 597 g/mol. The molecule has 0 saturated carbocycles. The third-order valence-corrected chi connectivity index (χ3v) is 9.41. The lowest BCUT2D eigenvalue weighted by Gasteiger charge is -2.36. The highest BCUT2D eigenvalue weighted by Crippen LogP contribution is 2.35. The van der Waals surface area contributed by atoms with Gasteiger partial charge in [0, 0.05) is 47.6 Å². The Labute approximate surface area is 251 Å². The molecule has 0 radical (unpaired) electrons. The summed E-state index contributed by atoms with van der Waals surface area (Å²) in [5, 5.41) is 3.33. The summed E-state index contributed by atoms with van der Waals surface area (Å²) in [6, 6.07) is 12.0. The second-order valence-electron chi connectivity index (χ2n) is 10.9. The van der Waals surface area contributed by atoms with Crippen LogP contribution < -0.4 is 15.0 Å². The molecule has 0 unspecified atom stereocenters. The van der Waals surface area contributed by atoms with Crippen LogP contribution in [0.3, 0.4) is 0 Å². The summed E-state index contributed by atoms with van der Waals surface area (Å²) >= 11 is 0. The lowest BCUT2D eigenvalue weighted by molar-refractivity contribution is -0.00545. The summed E-state index contributed by atoms with van der Waals surface area (Å²) in [6.45, 7) is 4.83. The number of benzene rings is 2. The summed E-state index contributed by atoms with van der Waals surface area (Å²) in [7, 11) is -4.55. The van der Waals surface area contributed by atoms with Crippen molar-refractivity contribution in [3.05, 3.63) is 77.6 Å². The number of rotatable bonds is 5. The Morgan fingerprint density at radius 1 is 1.09 bits per heavy atom. The van der Waals surface area contributed by atoms with Crippen LogP contribution in [0, 0.1) is 11.6 Å². The van der Waals surface area contributed by atoms with Gasteiger partial charge in [-0.3, -0.25) is 9.78 Å². The molecule has 2 aliphatic rings. The summed E-state index contributed by atoms with van der Waals surface area (Å²) in [6.07, 6.45) is 1.08. The molecule has 1 N–H and O–H groups in total. The van der Waals surface area contributed by atoms with Gasteiger partial charge < -0.3 is 19.7 Å². The van der Waals surface area contributed by atoms with Crippen molar-refractivity contribution in [2.24, 2.45) is 0 Å². The van der Waals surface area contributed by atoms with Gasteiger partial charge in [0.15, 0.2) is 11.6 Å². The number of amides is 1. The van der Waals surface area contributed by atoms with Crippen LogP contribution >= 0.6 is 0 Å². The summed E-state index contributed by atoms with van der Waals surface area (Å²) < 4.78 is 80.8. The molecule has 1 fully saturated rings. The number of nitrogens with one attached hydrogen (secondary N) is 1. The third-order valence-electron chi connectivity index (χ3n) is 7.58. The molecule has 1 saturated heterocycles. The second kappa shape index (κ2) is 11.7. The van der Waals surface area contributed by atoms with Crippen molar-refractivity contribution >= 4 is 32.3 Å². The van der Waals surface area contributed by atoms with E-state index in [-0.39, 0.29) is 36.3 Å². The van der Waals surface area contributed by atoms with Crippen LogP contribution in [0.2, 0.25) is 0 Å². The van der Waals surface area contributed by atoms with Crippen molar-refractivity contribution in [3.63, 3.8) is 0 Å². The van der Waals surface area contributed by atoms with Gasteiger partial charge in [-0.25, -0.2) is 26.6 Å². The highest BCUT2D eigenvalue weighted by molar-refractivity contribution is 7.92. The maximum absolute atomic E-state index is 15.9. The second-order valence-corrected chi connectivity index (χ2v) is 13.0. The van der Waals surface area contributed by atoms with E-state index >= 15 is 4.39 Å². The van der Waals surface area contributed by atoms with Crippen molar-refractivity contribution in [1.29, 1.82) is 0 Å². The molecule has 230 valence electrons. The van der Waals surface area contributed by atoms with E-state index in [0.717, 1.165) is 18.0 Å². The lowest BCUT2D eigenvalue weighted by Crippen LogP contribution is -2.45. The van der Waals surface area contributed by atoms with Crippen LogP contribution in [0.4, 0.5) is 19.0 Å². The first-order valence-electron chi connectivity index (χ1n) is 14.1. The Morgan fingerprint density at radius 2 is 1.86 bits per heavy atom. The van der Waals surface area contributed by atoms with E-state index in [1.807, 2.05) is 26.0 Å². The Bertz CT molecular complexity index is 1860. The predicted octanol–water partition coefficient (Wildman–Crippen LogP) is 4.97. The maximum atomic E-state index is 15.9. The zero-order chi connectivity index (χ0) is 31.2. The maximum Gasteiger partial charge on any atom is 0.251 e. The molecule has 2 aromatic heterocycles. The number of halogens is 3. The van der Waals surface area contributed by atoms with E-state index < -0.39 is 49.9 Å². The Balaban J connectivity index is 1.24. The normalized spacial score (nSPS) is 21.3. The molecule has 9 nitrogen and oxygen atoms in total. The fourth-order valence-corrected chi connectivity index (χ4v) is 6.89. The van der Waals surface area contributed by atoms with Gasteiger partial charge in [0.05, 0.1) is 36.7 Å². The molecule has 3 atom stereocenters. The number of carbonyl (C=O) groups is 1. The zero-order valence-corrected chi connectivity index (χ0v) is 24.7. The average Bonchev–Trinajstić information content (AvgIpc) is 3.11. The number of anilines is 1. The van der Waals surface area contributed by atoms with E-state index in [1.54, 1.807) is 18.2 Å². The number of carbonyl (C=O) groups excluding carboxylic acids is 1. The van der Waals surface area contributed by atoms with Crippen molar-refractivity contribution in [2.45, 2.75) is 49.4 Å². The Morgan fingerprint density at radius 3 is 2.64 bits per heavy atom. The molecule has 2 aromatic carbocycles. The van der Waals surface area contributed by atoms with Crippen LogP contribution in [0.25, 0.3) is 22.0 Å². The average molecular weight is 627 g/mol. The summed E-state index contributed by atoms with van der Waals surface area (Å²) in [5.41, 5.74) is -1.57. The number of hydrogen-bond acceptors (Lipinski definition) is 8. The number of ether oxygens (including phenoxy) is 2. The Kier molecular flexibility index (Phi) is 7.93. The Hall–Kier alpha value is -4.23. The standard InChI is InChI=1S/C31H29F3N4O5S/c1-17-15-38(16-18(2)43-17)28-5-3-4-25(37-28)22-7-6-19-13-35-21(12-23(19)29(22)34)14-36-31(39)20-10-24(32)30-26(11-20)44(40,41)27(33)8-9-42-30/h3-7,10-13,17-18,27H,8-9,14-16H2,1-2H3,(H,36,39)/t17-,18+,27-/m1/s1. The number of morpholine rings is 1. The van der Waals surface area contributed by atoms with Gasteiger partial charge in [0.1, 0.15) is 16.5 Å². The molecule has 6 rings (SSSR count). The van der Waals surface area contributed by atoms with Crippen molar-refractivity contribution in [2.75, 3.05) is 24.6 Å². The molecule has 1 amide bonds. The topological polar surface area (TPSA) is 111 Å². The number of hydrogen-bond donors (Lipinski definition) is 1. The fourth-order valence-electron chi connectivity index (χ4n) is 5.50. The van der Waals surface area contributed by atoms with Crippen molar-refractivity contribution in [1.82, 2.24) is 15.3 Å². The van der Waals surface area contributed by atoms with Crippen LogP contribution in [-0.4, -0.2) is 61.7 Å². The number of fused-ring (bicyclic) bond motifs is 2. The van der Waals surface area contributed by atoms with Gasteiger partial charge in [-0.2, -0.15) is 0 Å². The minimum atomic E-state index is -4.55. The van der Waals surface area contributed by atoms with E-state index in [2.05, 4.69) is 15.2 Å². The predicted molar refractivity (Wildman–Crippen MR) is 157 cm³/mol. The van der Waals surface area contributed by atoms with Crippen molar-refractivity contribution in [3.8, 4) is 17.0 Å². The molecule has 0 aliphatic carbocycles. The van der Waals surface area contributed by atoms with Crippen LogP contribution in [0.1, 0.15) is 36.3 Å². The van der Waals surface area contributed by atoms with E-state index in [0.29, 0.717) is 35.4 Å². The van der Waals surface area contributed by atoms with Crippen molar-refractivity contribution < 1.29 is 35.9 Å². The number of sulfone groups is 1. The number of pyridine rings is 2. The quantitative estimate of drug-likeness (QED) is 0.331. The molecule has 2 aliphatic heterocycles. The highest BCUT2D eigenvalue weighted by Gasteiger charge is 2.35. The van der Waals surface area contributed by atoms with Gasteiger partial charge in [0.25, 0.3) is 5.91 Å². The first kappa shape index (κ1) is 29.8. The van der Waals surface area contributed by atoms with E-state index in [9.17, 15) is 22.0 Å². The number of nitrogens with zero attached hydrogens (tertiary/aromatic N) is 3. The van der Waals surface area contributed by atoms with Gasteiger partial charge in [-0.1, -0.05) is 12.1 Å². The molecule has 0 spiro atoms. The summed E-state index contributed by atoms with van der Waals surface area (Å²) in [5.74, 6) is -2.33. The van der Waals surface area contributed by atoms with Crippen LogP contribution in [0.5, 0.6) is 5.75 Å². The van der Waals surface area contributed by atoms with Crippen LogP contribution in [0.15, 0.2) is 59.6 Å². The van der Waals surface area contributed by atoms with Gasteiger partial charge >= 0.3 is 0 Å². The molecular formula is C31H29F3N4O5S. The van der Waals surface area contributed by atoms with E-state index in [4.69, 9.17) is 14.5 Å². The molecule has 0 bridgehead atoms. The lowest BCUT2D eigenvalue weighted by atomic mass is 10.0. The van der Waals surface area contributed by atoms with Crippen LogP contribution in [-0.2, 0) is 21.1 Å². The minimum absolute atomic E-state index is 0.0356. The highest BCUT2D eigenvalue weighted by atomic mass is 32.2.